The summed E-state index contributed by atoms with van der Waals surface area (Å²) < 4.78 is 1.72. The van der Waals surface area contributed by atoms with E-state index in [2.05, 4.69) is 11.2 Å². The number of rotatable bonds is 2. The van der Waals surface area contributed by atoms with Crippen molar-refractivity contribution in [3.05, 3.63) is 71.0 Å². The van der Waals surface area contributed by atoms with Crippen molar-refractivity contribution in [2.75, 3.05) is 0 Å². The number of aromatic nitrogens is 2. The molecule has 0 aliphatic rings. The van der Waals surface area contributed by atoms with Crippen LogP contribution < -0.4 is 0 Å². The van der Waals surface area contributed by atoms with Crippen LogP contribution in [0, 0.1) is 13.8 Å². The lowest BCUT2D eigenvalue weighted by Crippen LogP contribution is -2.02. The Morgan fingerprint density at radius 3 is 2.58 bits per heavy atom. The molecule has 2 heterocycles. The van der Waals surface area contributed by atoms with Crippen LogP contribution in [0.2, 0.25) is 0 Å². The Balaban J connectivity index is 2.13. The van der Waals surface area contributed by atoms with Crippen molar-refractivity contribution >= 4 is 11.3 Å². The smallest absolute Gasteiger partial charge is 0.196 e. The second kappa shape index (κ2) is 4.35. The molecule has 0 unspecified atom stereocenters. The molecule has 1 aromatic carbocycles. The average Bonchev–Trinajstić information content (AvgIpc) is 2.80. The summed E-state index contributed by atoms with van der Waals surface area (Å²) in [6.07, 6.45) is 3.48. The standard InChI is InChI=1S/C16H14N2O/c1-11-7-12(2)9-13(8-11)16(19)14-10-17-18-6-4-3-5-15(14)18/h3-10H,1-2H3. The van der Waals surface area contributed by atoms with E-state index < -0.39 is 0 Å². The lowest BCUT2D eigenvalue weighted by atomic mass is 10.0. The highest BCUT2D eigenvalue weighted by atomic mass is 16.1. The van der Waals surface area contributed by atoms with Crippen molar-refractivity contribution in [1.82, 2.24) is 9.61 Å². The summed E-state index contributed by atoms with van der Waals surface area (Å²) in [6, 6.07) is 11.6. The number of nitrogens with zero attached hydrogens (tertiary/aromatic N) is 2. The Bertz CT molecular complexity index is 751. The maximum absolute atomic E-state index is 12.6. The normalized spacial score (nSPS) is 10.8. The summed E-state index contributed by atoms with van der Waals surface area (Å²) >= 11 is 0. The first-order valence-corrected chi connectivity index (χ1v) is 6.20. The van der Waals surface area contributed by atoms with Gasteiger partial charge in [0.05, 0.1) is 17.3 Å². The van der Waals surface area contributed by atoms with Crippen molar-refractivity contribution in [2.45, 2.75) is 13.8 Å². The first kappa shape index (κ1) is 11.7. The van der Waals surface area contributed by atoms with Gasteiger partial charge in [0.15, 0.2) is 5.78 Å². The maximum atomic E-state index is 12.6. The maximum Gasteiger partial charge on any atom is 0.196 e. The minimum absolute atomic E-state index is 0.0213. The number of benzene rings is 1. The lowest BCUT2D eigenvalue weighted by Gasteiger charge is -2.03. The van der Waals surface area contributed by atoms with Crippen LogP contribution in [0.25, 0.3) is 5.52 Å². The average molecular weight is 250 g/mol. The Hall–Kier alpha value is -2.42. The quantitative estimate of drug-likeness (QED) is 0.655. The van der Waals surface area contributed by atoms with Gasteiger partial charge in [0.2, 0.25) is 0 Å². The second-order valence-electron chi connectivity index (χ2n) is 4.79. The number of fused-ring (bicyclic) bond motifs is 1. The van der Waals surface area contributed by atoms with Crippen LogP contribution in [0.15, 0.2) is 48.8 Å². The molecule has 0 aliphatic heterocycles. The van der Waals surface area contributed by atoms with Gasteiger partial charge < -0.3 is 0 Å². The van der Waals surface area contributed by atoms with E-state index in [1.54, 1.807) is 10.7 Å². The van der Waals surface area contributed by atoms with Crippen molar-refractivity contribution in [2.24, 2.45) is 0 Å². The van der Waals surface area contributed by atoms with Gasteiger partial charge in [-0.25, -0.2) is 4.52 Å². The molecule has 0 saturated heterocycles. The summed E-state index contributed by atoms with van der Waals surface area (Å²) in [6.45, 7) is 4.00. The first-order valence-electron chi connectivity index (χ1n) is 6.20. The topological polar surface area (TPSA) is 34.4 Å². The molecule has 0 radical (unpaired) electrons. The van der Waals surface area contributed by atoms with Gasteiger partial charge in [-0.1, -0.05) is 23.3 Å². The zero-order valence-corrected chi connectivity index (χ0v) is 10.9. The fraction of sp³-hybridized carbons (Fsp3) is 0.125. The number of hydrogen-bond donors (Lipinski definition) is 0. The summed E-state index contributed by atoms with van der Waals surface area (Å²) in [7, 11) is 0. The van der Waals surface area contributed by atoms with E-state index >= 15 is 0 Å². The van der Waals surface area contributed by atoms with Gasteiger partial charge in [0, 0.05) is 11.8 Å². The first-order chi connectivity index (χ1) is 9.15. The fourth-order valence-corrected chi connectivity index (χ4v) is 2.37. The Morgan fingerprint density at radius 1 is 1.11 bits per heavy atom. The van der Waals surface area contributed by atoms with E-state index in [-0.39, 0.29) is 5.78 Å². The van der Waals surface area contributed by atoms with Gasteiger partial charge in [-0.2, -0.15) is 5.10 Å². The van der Waals surface area contributed by atoms with Crippen LogP contribution in [0.5, 0.6) is 0 Å². The van der Waals surface area contributed by atoms with E-state index in [0.717, 1.165) is 22.2 Å². The van der Waals surface area contributed by atoms with Gasteiger partial charge in [-0.15, -0.1) is 0 Å². The van der Waals surface area contributed by atoms with Crippen LogP contribution in [0.4, 0.5) is 0 Å². The third kappa shape index (κ3) is 2.03. The van der Waals surface area contributed by atoms with Gasteiger partial charge in [-0.05, 0) is 38.1 Å². The zero-order chi connectivity index (χ0) is 13.4. The minimum Gasteiger partial charge on any atom is -0.288 e. The molecule has 3 nitrogen and oxygen atoms in total. The van der Waals surface area contributed by atoms with Crippen LogP contribution in [0.3, 0.4) is 0 Å². The van der Waals surface area contributed by atoms with E-state index in [1.165, 1.54) is 0 Å². The minimum atomic E-state index is 0.0213. The highest BCUT2D eigenvalue weighted by molar-refractivity contribution is 6.13. The van der Waals surface area contributed by atoms with Crippen LogP contribution in [0.1, 0.15) is 27.0 Å². The molecule has 3 aromatic rings. The Kier molecular flexibility index (Phi) is 2.67. The van der Waals surface area contributed by atoms with Crippen molar-refractivity contribution in [1.29, 1.82) is 0 Å². The van der Waals surface area contributed by atoms with Crippen molar-refractivity contribution < 1.29 is 4.79 Å². The lowest BCUT2D eigenvalue weighted by molar-refractivity contribution is 0.104. The second-order valence-corrected chi connectivity index (χ2v) is 4.79. The molecule has 0 bridgehead atoms. The predicted octanol–water partition coefficient (Wildman–Crippen LogP) is 3.18. The number of pyridine rings is 1. The van der Waals surface area contributed by atoms with Gasteiger partial charge >= 0.3 is 0 Å². The molecular weight excluding hydrogens is 236 g/mol. The molecule has 2 aromatic heterocycles. The number of aryl methyl sites for hydroxylation is 2. The molecular formula is C16H14N2O. The third-order valence-corrected chi connectivity index (χ3v) is 3.15. The number of carbonyl (C=O) groups excluding carboxylic acids is 1. The van der Waals surface area contributed by atoms with Crippen LogP contribution in [-0.4, -0.2) is 15.4 Å². The third-order valence-electron chi connectivity index (χ3n) is 3.15. The molecule has 0 aliphatic carbocycles. The molecule has 0 fully saturated rings. The molecule has 0 atom stereocenters. The zero-order valence-electron chi connectivity index (χ0n) is 10.9. The van der Waals surface area contributed by atoms with E-state index in [1.807, 2.05) is 50.4 Å². The van der Waals surface area contributed by atoms with E-state index in [4.69, 9.17) is 0 Å². The molecule has 94 valence electrons. The summed E-state index contributed by atoms with van der Waals surface area (Å²) in [4.78, 5) is 12.6. The van der Waals surface area contributed by atoms with Crippen LogP contribution in [-0.2, 0) is 0 Å². The SMILES string of the molecule is Cc1cc(C)cc(C(=O)c2cnn3ccccc23)c1. The predicted molar refractivity (Wildman–Crippen MR) is 74.5 cm³/mol. The number of ketones is 1. The molecule has 3 rings (SSSR count). The van der Waals surface area contributed by atoms with Crippen molar-refractivity contribution in [3.8, 4) is 0 Å². The van der Waals surface area contributed by atoms with Gasteiger partial charge in [0.1, 0.15) is 0 Å². The largest absolute Gasteiger partial charge is 0.288 e. The van der Waals surface area contributed by atoms with Gasteiger partial charge in [-0.3, -0.25) is 4.79 Å². The Labute approximate surface area is 111 Å². The van der Waals surface area contributed by atoms with E-state index in [0.29, 0.717) is 5.56 Å². The fourth-order valence-electron chi connectivity index (χ4n) is 2.37. The molecule has 19 heavy (non-hydrogen) atoms. The monoisotopic (exact) mass is 250 g/mol. The molecule has 0 N–H and O–H groups in total. The molecule has 0 spiro atoms. The van der Waals surface area contributed by atoms with Crippen molar-refractivity contribution in [3.63, 3.8) is 0 Å². The summed E-state index contributed by atoms with van der Waals surface area (Å²) in [5.41, 5.74) is 4.40. The summed E-state index contributed by atoms with van der Waals surface area (Å²) in [5, 5.41) is 4.21. The Morgan fingerprint density at radius 2 is 1.84 bits per heavy atom. The number of hydrogen-bond acceptors (Lipinski definition) is 2. The highest BCUT2D eigenvalue weighted by Crippen LogP contribution is 2.17. The summed E-state index contributed by atoms with van der Waals surface area (Å²) in [5.74, 6) is 0.0213. The van der Waals surface area contributed by atoms with Gasteiger partial charge in [0.25, 0.3) is 0 Å². The molecule has 3 heteroatoms. The number of carbonyl (C=O) groups is 1. The van der Waals surface area contributed by atoms with E-state index in [9.17, 15) is 4.79 Å². The molecule has 0 amide bonds. The molecule has 0 saturated carbocycles. The highest BCUT2D eigenvalue weighted by Gasteiger charge is 2.14. The van der Waals surface area contributed by atoms with Crippen LogP contribution >= 0.6 is 0 Å².